The fourth-order valence-corrected chi connectivity index (χ4v) is 1.01. The Labute approximate surface area is 84.8 Å². The van der Waals surface area contributed by atoms with Crippen LogP contribution in [0.25, 0.3) is 5.95 Å². The Morgan fingerprint density at radius 1 is 1.29 bits per heavy atom. The molecule has 72 valence electrons. The molecule has 0 amide bonds. The Bertz CT molecular complexity index is 422. The van der Waals surface area contributed by atoms with Crippen LogP contribution in [0, 0.1) is 0 Å². The van der Waals surface area contributed by atoms with Gasteiger partial charge in [0.05, 0.1) is 24.0 Å². The Kier molecular flexibility index (Phi) is 2.38. The molecule has 7 heteroatoms. The molecule has 2 N–H and O–H groups in total. The molecule has 0 saturated carbocycles. The molecule has 0 fully saturated rings. The van der Waals surface area contributed by atoms with Gasteiger partial charge in [0.2, 0.25) is 0 Å². The first-order chi connectivity index (χ1) is 6.79. The number of nitrogens with zero attached hydrogens (tertiary/aromatic N) is 5. The van der Waals surface area contributed by atoms with E-state index < -0.39 is 0 Å². The summed E-state index contributed by atoms with van der Waals surface area (Å²) in [5, 5.41) is 4.52. The van der Waals surface area contributed by atoms with Crippen molar-refractivity contribution in [2.24, 2.45) is 5.73 Å². The zero-order chi connectivity index (χ0) is 9.97. The summed E-state index contributed by atoms with van der Waals surface area (Å²) in [4.78, 5) is 11.9. The average molecular weight is 211 g/mol. The SMILES string of the molecule is NCc1ncn(-c2ncc(Cl)cn2)n1. The van der Waals surface area contributed by atoms with Crippen molar-refractivity contribution < 1.29 is 0 Å². The first kappa shape index (κ1) is 9.04. The van der Waals surface area contributed by atoms with Crippen LogP contribution in [0.5, 0.6) is 0 Å². The first-order valence-corrected chi connectivity index (χ1v) is 4.26. The molecule has 2 heterocycles. The molecule has 0 radical (unpaired) electrons. The van der Waals surface area contributed by atoms with Crippen LogP contribution in [-0.4, -0.2) is 24.7 Å². The number of aromatic nitrogens is 5. The van der Waals surface area contributed by atoms with E-state index in [0.717, 1.165) is 0 Å². The van der Waals surface area contributed by atoms with E-state index in [-0.39, 0.29) is 0 Å². The fourth-order valence-electron chi connectivity index (χ4n) is 0.911. The lowest BCUT2D eigenvalue weighted by Gasteiger charge is -1.96. The van der Waals surface area contributed by atoms with Gasteiger partial charge in [-0.2, -0.15) is 4.68 Å². The minimum atomic E-state index is 0.292. The highest BCUT2D eigenvalue weighted by molar-refractivity contribution is 6.30. The van der Waals surface area contributed by atoms with Crippen molar-refractivity contribution in [3.63, 3.8) is 0 Å². The van der Waals surface area contributed by atoms with Crippen LogP contribution in [0.3, 0.4) is 0 Å². The Hall–Kier alpha value is -1.53. The number of nitrogens with two attached hydrogens (primary N) is 1. The lowest BCUT2D eigenvalue weighted by atomic mass is 10.6. The summed E-state index contributed by atoms with van der Waals surface area (Å²) in [5.74, 6) is 0.963. The van der Waals surface area contributed by atoms with Crippen molar-refractivity contribution in [2.45, 2.75) is 6.54 Å². The molecule has 0 aliphatic carbocycles. The number of halogens is 1. The molecule has 6 nitrogen and oxygen atoms in total. The lowest BCUT2D eigenvalue weighted by Crippen LogP contribution is -2.03. The van der Waals surface area contributed by atoms with Crippen molar-refractivity contribution in [3.05, 3.63) is 29.6 Å². The molecule has 0 saturated heterocycles. The molecule has 0 aliphatic heterocycles. The summed E-state index contributed by atoms with van der Waals surface area (Å²) in [6.07, 6.45) is 4.49. The summed E-state index contributed by atoms with van der Waals surface area (Å²) < 4.78 is 1.44. The predicted octanol–water partition coefficient (Wildman–Crippen LogP) is 0.169. The van der Waals surface area contributed by atoms with E-state index in [2.05, 4.69) is 20.1 Å². The van der Waals surface area contributed by atoms with Crippen molar-refractivity contribution in [3.8, 4) is 5.95 Å². The van der Waals surface area contributed by atoms with Gasteiger partial charge in [0.25, 0.3) is 5.95 Å². The molecule has 0 aromatic carbocycles. The lowest BCUT2D eigenvalue weighted by molar-refractivity contribution is 0.780. The Balaban J connectivity index is 2.34. The van der Waals surface area contributed by atoms with Gasteiger partial charge in [0.1, 0.15) is 6.33 Å². The monoisotopic (exact) mass is 210 g/mol. The maximum absolute atomic E-state index is 5.64. The highest BCUT2D eigenvalue weighted by atomic mass is 35.5. The molecule has 2 aromatic heterocycles. The summed E-state index contributed by atoms with van der Waals surface area (Å²) >= 11 is 5.64. The van der Waals surface area contributed by atoms with Crippen LogP contribution in [0.4, 0.5) is 0 Å². The summed E-state index contributed by atoms with van der Waals surface area (Å²) in [6, 6.07) is 0. The van der Waals surface area contributed by atoms with Gasteiger partial charge in [-0.05, 0) is 0 Å². The highest BCUT2D eigenvalue weighted by Crippen LogP contribution is 2.04. The second kappa shape index (κ2) is 3.69. The molecule has 2 rings (SSSR count). The summed E-state index contributed by atoms with van der Waals surface area (Å²) in [6.45, 7) is 0.292. The molecule has 14 heavy (non-hydrogen) atoms. The summed E-state index contributed by atoms with van der Waals surface area (Å²) in [7, 11) is 0. The third-order valence-electron chi connectivity index (χ3n) is 1.53. The Morgan fingerprint density at radius 2 is 2.00 bits per heavy atom. The maximum Gasteiger partial charge on any atom is 0.252 e. The molecular weight excluding hydrogens is 204 g/mol. The van der Waals surface area contributed by atoms with E-state index in [4.69, 9.17) is 17.3 Å². The number of hydrogen-bond acceptors (Lipinski definition) is 5. The van der Waals surface area contributed by atoms with Gasteiger partial charge < -0.3 is 5.73 Å². The summed E-state index contributed by atoms with van der Waals surface area (Å²) in [5.41, 5.74) is 5.37. The quantitative estimate of drug-likeness (QED) is 0.764. The number of rotatable bonds is 2. The zero-order valence-electron chi connectivity index (χ0n) is 7.13. The van der Waals surface area contributed by atoms with E-state index >= 15 is 0 Å². The van der Waals surface area contributed by atoms with Gasteiger partial charge in [-0.3, -0.25) is 0 Å². The van der Waals surface area contributed by atoms with Crippen LogP contribution < -0.4 is 5.73 Å². The van der Waals surface area contributed by atoms with Gasteiger partial charge in [0, 0.05) is 0 Å². The molecule has 2 aromatic rings. The van der Waals surface area contributed by atoms with Crippen LogP contribution >= 0.6 is 11.6 Å². The molecule has 0 spiro atoms. The largest absolute Gasteiger partial charge is 0.324 e. The molecule has 0 bridgehead atoms. The first-order valence-electron chi connectivity index (χ1n) is 3.88. The minimum absolute atomic E-state index is 0.292. The van der Waals surface area contributed by atoms with Crippen LogP contribution in [0.15, 0.2) is 18.7 Å². The molecule has 0 aliphatic rings. The second-order valence-corrected chi connectivity index (χ2v) is 2.95. The minimum Gasteiger partial charge on any atom is -0.324 e. The fraction of sp³-hybridized carbons (Fsp3) is 0.143. The van der Waals surface area contributed by atoms with E-state index in [1.165, 1.54) is 23.4 Å². The predicted molar refractivity (Wildman–Crippen MR) is 49.9 cm³/mol. The third-order valence-corrected chi connectivity index (χ3v) is 1.73. The van der Waals surface area contributed by atoms with Crippen LogP contribution in [-0.2, 0) is 6.54 Å². The zero-order valence-corrected chi connectivity index (χ0v) is 7.89. The maximum atomic E-state index is 5.64. The van der Waals surface area contributed by atoms with E-state index in [1.54, 1.807) is 0 Å². The highest BCUT2D eigenvalue weighted by Gasteiger charge is 2.02. The molecular formula is C7H7ClN6. The smallest absolute Gasteiger partial charge is 0.252 e. The normalized spacial score (nSPS) is 10.4. The van der Waals surface area contributed by atoms with Gasteiger partial charge in [0.15, 0.2) is 5.82 Å². The van der Waals surface area contributed by atoms with Gasteiger partial charge in [-0.15, -0.1) is 5.10 Å². The van der Waals surface area contributed by atoms with Crippen molar-refractivity contribution in [2.75, 3.05) is 0 Å². The number of hydrogen-bond donors (Lipinski definition) is 1. The average Bonchev–Trinajstić information content (AvgIpc) is 2.67. The standard InChI is InChI=1S/C7H7ClN6/c8-5-2-10-7(11-3-5)14-4-12-6(1-9)13-14/h2-4H,1,9H2. The molecule has 0 atom stereocenters. The van der Waals surface area contributed by atoms with Gasteiger partial charge >= 0.3 is 0 Å². The topological polar surface area (TPSA) is 82.5 Å². The molecule has 0 unspecified atom stereocenters. The van der Waals surface area contributed by atoms with Gasteiger partial charge in [-0.1, -0.05) is 11.6 Å². The van der Waals surface area contributed by atoms with Crippen molar-refractivity contribution in [1.82, 2.24) is 24.7 Å². The Morgan fingerprint density at radius 3 is 2.57 bits per heavy atom. The second-order valence-electron chi connectivity index (χ2n) is 2.51. The van der Waals surface area contributed by atoms with E-state index in [0.29, 0.717) is 23.3 Å². The van der Waals surface area contributed by atoms with Crippen LogP contribution in [0.2, 0.25) is 5.02 Å². The van der Waals surface area contributed by atoms with E-state index in [1.807, 2.05) is 0 Å². The third kappa shape index (κ3) is 1.70. The van der Waals surface area contributed by atoms with Crippen molar-refractivity contribution >= 4 is 11.6 Å². The van der Waals surface area contributed by atoms with Crippen LogP contribution in [0.1, 0.15) is 5.82 Å². The van der Waals surface area contributed by atoms with E-state index in [9.17, 15) is 0 Å². The van der Waals surface area contributed by atoms with Crippen molar-refractivity contribution in [1.29, 1.82) is 0 Å². The van der Waals surface area contributed by atoms with Gasteiger partial charge in [-0.25, -0.2) is 15.0 Å².